The normalized spacial score (nSPS) is 16.9. The van der Waals surface area contributed by atoms with Crippen molar-refractivity contribution < 1.29 is 9.84 Å². The van der Waals surface area contributed by atoms with Gasteiger partial charge in [-0.1, -0.05) is 18.2 Å². The summed E-state index contributed by atoms with van der Waals surface area (Å²) in [6.07, 6.45) is 4.19. The van der Waals surface area contributed by atoms with Crippen LogP contribution < -0.4 is 10.1 Å². The lowest BCUT2D eigenvalue weighted by atomic mass is 9.87. The zero-order chi connectivity index (χ0) is 15.4. The highest BCUT2D eigenvalue weighted by atomic mass is 16.5. The van der Waals surface area contributed by atoms with Crippen molar-refractivity contribution in [2.24, 2.45) is 0 Å². The number of rotatable bonds is 5. The molecule has 1 unspecified atom stereocenters. The summed E-state index contributed by atoms with van der Waals surface area (Å²) >= 11 is 0. The first-order valence-corrected chi connectivity index (χ1v) is 7.93. The molecule has 2 aromatic rings. The van der Waals surface area contributed by atoms with Crippen LogP contribution in [0.25, 0.3) is 0 Å². The molecule has 0 saturated carbocycles. The van der Waals surface area contributed by atoms with Crippen molar-refractivity contribution in [3.63, 3.8) is 0 Å². The molecule has 116 valence electrons. The number of methoxy groups -OCH3 is 1. The maximum atomic E-state index is 8.98. The van der Waals surface area contributed by atoms with Gasteiger partial charge in [0.05, 0.1) is 13.2 Å². The number of fused-ring (bicyclic) bond motifs is 1. The van der Waals surface area contributed by atoms with Crippen molar-refractivity contribution in [2.45, 2.75) is 31.7 Å². The molecule has 3 rings (SSSR count). The van der Waals surface area contributed by atoms with Crippen molar-refractivity contribution in [1.29, 1.82) is 0 Å². The molecule has 2 N–H and O–H groups in total. The Kier molecular flexibility index (Phi) is 4.64. The molecule has 0 spiro atoms. The summed E-state index contributed by atoms with van der Waals surface area (Å²) in [5, 5.41) is 12.6. The standard InChI is InChI=1S/C19H23NO2/c1-22-17-9-10-18-15(13-17)3-2-4-19(18)20-16-7-5-14(6-8-16)11-12-21/h5-10,13,19-21H,2-4,11-12H2,1H3. The van der Waals surface area contributed by atoms with E-state index in [0.717, 1.165) is 24.3 Å². The molecule has 1 atom stereocenters. The van der Waals surface area contributed by atoms with E-state index < -0.39 is 0 Å². The van der Waals surface area contributed by atoms with Crippen LogP contribution in [0.2, 0.25) is 0 Å². The number of nitrogens with one attached hydrogen (secondary N) is 1. The van der Waals surface area contributed by atoms with Gasteiger partial charge >= 0.3 is 0 Å². The average molecular weight is 297 g/mol. The molecule has 0 bridgehead atoms. The number of benzene rings is 2. The van der Waals surface area contributed by atoms with Crippen molar-refractivity contribution >= 4 is 5.69 Å². The van der Waals surface area contributed by atoms with Crippen molar-refractivity contribution in [2.75, 3.05) is 19.0 Å². The Hall–Kier alpha value is -2.00. The van der Waals surface area contributed by atoms with Gasteiger partial charge in [-0.2, -0.15) is 0 Å². The van der Waals surface area contributed by atoms with Gasteiger partial charge in [-0.15, -0.1) is 0 Å². The van der Waals surface area contributed by atoms with Crippen LogP contribution in [0.4, 0.5) is 5.69 Å². The Morgan fingerprint density at radius 1 is 1.18 bits per heavy atom. The molecule has 3 heteroatoms. The molecule has 2 aromatic carbocycles. The highest BCUT2D eigenvalue weighted by Gasteiger charge is 2.20. The fraction of sp³-hybridized carbons (Fsp3) is 0.368. The fourth-order valence-electron chi connectivity index (χ4n) is 3.17. The fourth-order valence-corrected chi connectivity index (χ4v) is 3.17. The molecular weight excluding hydrogens is 274 g/mol. The first kappa shape index (κ1) is 14.9. The SMILES string of the molecule is COc1ccc2c(c1)CCCC2Nc1ccc(CCO)cc1. The lowest BCUT2D eigenvalue weighted by Gasteiger charge is -2.27. The highest BCUT2D eigenvalue weighted by molar-refractivity contribution is 5.49. The van der Waals surface area contributed by atoms with Crippen LogP contribution in [-0.2, 0) is 12.8 Å². The van der Waals surface area contributed by atoms with Crippen LogP contribution in [0.1, 0.15) is 35.6 Å². The van der Waals surface area contributed by atoms with Crippen molar-refractivity contribution in [3.8, 4) is 5.75 Å². The van der Waals surface area contributed by atoms with E-state index in [0.29, 0.717) is 12.5 Å². The molecular formula is C19H23NO2. The van der Waals surface area contributed by atoms with Gasteiger partial charge in [0.2, 0.25) is 0 Å². The smallest absolute Gasteiger partial charge is 0.119 e. The van der Waals surface area contributed by atoms with E-state index in [-0.39, 0.29) is 6.61 Å². The number of ether oxygens (including phenoxy) is 1. The van der Waals surface area contributed by atoms with Crippen LogP contribution in [0, 0.1) is 0 Å². The number of aliphatic hydroxyl groups is 1. The molecule has 0 fully saturated rings. The maximum absolute atomic E-state index is 8.98. The molecule has 0 radical (unpaired) electrons. The van der Waals surface area contributed by atoms with Gasteiger partial charge in [0.15, 0.2) is 0 Å². The second-order valence-electron chi connectivity index (χ2n) is 5.82. The quantitative estimate of drug-likeness (QED) is 0.884. The Bertz CT molecular complexity index is 622. The van der Waals surface area contributed by atoms with E-state index in [1.165, 1.54) is 23.1 Å². The molecule has 3 nitrogen and oxygen atoms in total. The van der Waals surface area contributed by atoms with E-state index in [9.17, 15) is 0 Å². The Morgan fingerprint density at radius 3 is 2.73 bits per heavy atom. The minimum atomic E-state index is 0.199. The molecule has 22 heavy (non-hydrogen) atoms. The summed E-state index contributed by atoms with van der Waals surface area (Å²) in [7, 11) is 1.72. The maximum Gasteiger partial charge on any atom is 0.119 e. The molecule has 1 aliphatic carbocycles. The highest BCUT2D eigenvalue weighted by Crippen LogP contribution is 2.34. The Morgan fingerprint density at radius 2 is 2.00 bits per heavy atom. The average Bonchev–Trinajstić information content (AvgIpc) is 2.56. The van der Waals surface area contributed by atoms with E-state index >= 15 is 0 Å². The van der Waals surface area contributed by atoms with E-state index in [1.807, 2.05) is 6.07 Å². The van der Waals surface area contributed by atoms with Gasteiger partial charge < -0.3 is 15.2 Å². The second-order valence-corrected chi connectivity index (χ2v) is 5.82. The van der Waals surface area contributed by atoms with E-state index in [2.05, 4.69) is 41.7 Å². The third-order valence-corrected chi connectivity index (χ3v) is 4.36. The van der Waals surface area contributed by atoms with Crippen LogP contribution in [0.5, 0.6) is 5.75 Å². The first-order valence-electron chi connectivity index (χ1n) is 7.93. The zero-order valence-corrected chi connectivity index (χ0v) is 13.0. The van der Waals surface area contributed by atoms with Gasteiger partial charge in [0.1, 0.15) is 5.75 Å². The predicted octanol–water partition coefficient (Wildman–Crippen LogP) is 3.72. The van der Waals surface area contributed by atoms with Crippen LogP contribution >= 0.6 is 0 Å². The predicted molar refractivity (Wildman–Crippen MR) is 89.5 cm³/mol. The van der Waals surface area contributed by atoms with Gasteiger partial charge in [0.25, 0.3) is 0 Å². The Balaban J connectivity index is 1.76. The summed E-state index contributed by atoms with van der Waals surface area (Å²) in [6, 6.07) is 15.1. The van der Waals surface area contributed by atoms with Crippen molar-refractivity contribution in [3.05, 3.63) is 59.2 Å². The monoisotopic (exact) mass is 297 g/mol. The third kappa shape index (κ3) is 3.25. The molecule has 0 heterocycles. The second kappa shape index (κ2) is 6.84. The third-order valence-electron chi connectivity index (χ3n) is 4.36. The van der Waals surface area contributed by atoms with Gasteiger partial charge in [-0.25, -0.2) is 0 Å². The van der Waals surface area contributed by atoms with E-state index in [4.69, 9.17) is 9.84 Å². The summed E-state index contributed by atoms with van der Waals surface area (Å²) in [5.74, 6) is 0.938. The lowest BCUT2D eigenvalue weighted by molar-refractivity contribution is 0.299. The summed E-state index contributed by atoms with van der Waals surface area (Å²) in [4.78, 5) is 0. The molecule has 1 aliphatic rings. The number of aryl methyl sites for hydroxylation is 1. The van der Waals surface area contributed by atoms with E-state index in [1.54, 1.807) is 7.11 Å². The van der Waals surface area contributed by atoms with Crippen LogP contribution in [0.15, 0.2) is 42.5 Å². The van der Waals surface area contributed by atoms with Crippen LogP contribution in [0.3, 0.4) is 0 Å². The molecule has 0 aromatic heterocycles. The largest absolute Gasteiger partial charge is 0.497 e. The van der Waals surface area contributed by atoms with Gasteiger partial charge in [-0.05, 0) is 66.6 Å². The van der Waals surface area contributed by atoms with Gasteiger partial charge in [-0.3, -0.25) is 0 Å². The number of aliphatic hydroxyl groups excluding tert-OH is 1. The number of hydrogen-bond donors (Lipinski definition) is 2. The molecule has 0 saturated heterocycles. The molecule has 0 aliphatic heterocycles. The van der Waals surface area contributed by atoms with Gasteiger partial charge in [0, 0.05) is 12.3 Å². The molecule has 0 amide bonds. The lowest BCUT2D eigenvalue weighted by Crippen LogP contribution is -2.17. The zero-order valence-electron chi connectivity index (χ0n) is 13.0. The topological polar surface area (TPSA) is 41.5 Å². The summed E-state index contributed by atoms with van der Waals surface area (Å²) in [5.41, 5.74) is 5.07. The Labute approximate surface area is 131 Å². The minimum Gasteiger partial charge on any atom is -0.497 e. The van der Waals surface area contributed by atoms with Crippen molar-refractivity contribution in [1.82, 2.24) is 0 Å². The van der Waals surface area contributed by atoms with Crippen LogP contribution in [-0.4, -0.2) is 18.8 Å². The summed E-state index contributed by atoms with van der Waals surface area (Å²) in [6.45, 7) is 0.199. The number of anilines is 1. The minimum absolute atomic E-state index is 0.199. The number of hydrogen-bond acceptors (Lipinski definition) is 3. The first-order chi connectivity index (χ1) is 10.8. The summed E-state index contributed by atoms with van der Waals surface area (Å²) < 4.78 is 5.33.